The maximum Gasteiger partial charge on any atom is 0.211 e. The third-order valence-corrected chi connectivity index (χ3v) is 5.38. The van der Waals surface area contributed by atoms with Crippen LogP contribution in [0.5, 0.6) is 5.75 Å². The van der Waals surface area contributed by atoms with Gasteiger partial charge in [-0.05, 0) is 35.6 Å². The van der Waals surface area contributed by atoms with Crippen LogP contribution in [-0.2, 0) is 29.4 Å². The first-order valence-electron chi connectivity index (χ1n) is 7.88. The van der Waals surface area contributed by atoms with Crippen molar-refractivity contribution in [1.29, 1.82) is 0 Å². The fourth-order valence-electron chi connectivity index (χ4n) is 2.73. The summed E-state index contributed by atoms with van der Waals surface area (Å²) in [7, 11) is -3.25. The number of hydrogen-bond acceptors (Lipinski definition) is 3. The smallest absolute Gasteiger partial charge is 0.211 e. The van der Waals surface area contributed by atoms with E-state index >= 15 is 0 Å². The fourth-order valence-corrected chi connectivity index (χ4v) is 3.78. The normalized spacial score (nSPS) is 13.6. The topological polar surface area (TPSA) is 55.4 Å². The number of hydrogen-bond donors (Lipinski definition) is 1. The predicted octanol–water partition coefficient (Wildman–Crippen LogP) is 2.67. The van der Waals surface area contributed by atoms with Crippen molar-refractivity contribution in [2.45, 2.75) is 25.8 Å². The van der Waals surface area contributed by atoms with Crippen molar-refractivity contribution >= 4 is 10.0 Å². The van der Waals surface area contributed by atoms with E-state index in [0.717, 1.165) is 29.7 Å². The highest BCUT2D eigenvalue weighted by atomic mass is 32.2. The Balaban J connectivity index is 1.48. The summed E-state index contributed by atoms with van der Waals surface area (Å²) in [6.07, 6.45) is 2.29. The molecule has 2 aromatic rings. The lowest BCUT2D eigenvalue weighted by molar-refractivity contribution is 0.357. The minimum atomic E-state index is -3.25. The molecule has 0 spiro atoms. The number of ether oxygens (including phenoxy) is 1. The van der Waals surface area contributed by atoms with Crippen LogP contribution in [0.15, 0.2) is 48.5 Å². The molecular weight excluding hydrogens is 310 g/mol. The second-order valence-electron chi connectivity index (χ2n) is 5.77. The van der Waals surface area contributed by atoms with Crippen LogP contribution in [0.1, 0.15) is 23.1 Å². The van der Waals surface area contributed by atoms with Crippen molar-refractivity contribution < 1.29 is 13.2 Å². The zero-order chi connectivity index (χ0) is 16.1. The van der Waals surface area contributed by atoms with E-state index in [-0.39, 0.29) is 5.75 Å². The molecule has 5 heteroatoms. The molecule has 3 rings (SSSR count). The summed E-state index contributed by atoms with van der Waals surface area (Å²) in [6.45, 7) is 1.05. The van der Waals surface area contributed by atoms with Crippen molar-refractivity contribution in [3.63, 3.8) is 0 Å². The third kappa shape index (κ3) is 4.56. The molecule has 0 atom stereocenters. The Hall–Kier alpha value is -1.85. The maximum atomic E-state index is 12.1. The van der Waals surface area contributed by atoms with Gasteiger partial charge in [-0.15, -0.1) is 0 Å². The Labute approximate surface area is 137 Å². The summed E-state index contributed by atoms with van der Waals surface area (Å²) in [5.74, 6) is 1.06. The van der Waals surface area contributed by atoms with Crippen LogP contribution < -0.4 is 9.46 Å². The molecule has 122 valence electrons. The number of nitrogens with one attached hydrogen (secondary N) is 1. The Kier molecular flexibility index (Phi) is 4.98. The van der Waals surface area contributed by atoms with E-state index in [1.54, 1.807) is 0 Å². The first-order chi connectivity index (χ1) is 11.1. The Morgan fingerprint density at radius 2 is 1.87 bits per heavy atom. The summed E-state index contributed by atoms with van der Waals surface area (Å²) in [4.78, 5) is 0. The number of benzene rings is 2. The second kappa shape index (κ2) is 7.15. The predicted molar refractivity (Wildman–Crippen MR) is 91.0 cm³/mol. The molecule has 0 amide bonds. The highest BCUT2D eigenvalue weighted by Gasteiger charge is 2.14. The Morgan fingerprint density at radius 1 is 1.04 bits per heavy atom. The van der Waals surface area contributed by atoms with Gasteiger partial charge in [-0.2, -0.15) is 0 Å². The zero-order valence-electron chi connectivity index (χ0n) is 13.0. The van der Waals surface area contributed by atoms with Gasteiger partial charge in [-0.3, -0.25) is 0 Å². The van der Waals surface area contributed by atoms with Gasteiger partial charge in [-0.1, -0.05) is 42.5 Å². The first-order valence-corrected chi connectivity index (χ1v) is 9.53. The van der Waals surface area contributed by atoms with Crippen molar-refractivity contribution in [2.75, 3.05) is 12.4 Å². The molecule has 0 fully saturated rings. The standard InChI is InChI=1S/C18H21NO3S/c20-23(21,12-4-7-15-5-2-1-3-6-15)19-14-16-8-9-18-17(13-16)10-11-22-18/h1-3,5-6,8-9,13,19H,4,7,10-12,14H2. The van der Waals surface area contributed by atoms with E-state index in [4.69, 9.17) is 4.74 Å². The van der Waals surface area contributed by atoms with Crippen molar-refractivity contribution in [2.24, 2.45) is 0 Å². The van der Waals surface area contributed by atoms with E-state index in [1.165, 1.54) is 5.56 Å². The summed E-state index contributed by atoms with van der Waals surface area (Å²) in [5.41, 5.74) is 3.30. The lowest BCUT2D eigenvalue weighted by Crippen LogP contribution is -2.26. The molecule has 1 aliphatic heterocycles. The highest BCUT2D eigenvalue weighted by molar-refractivity contribution is 7.89. The SMILES string of the molecule is O=S(=O)(CCCc1ccccc1)NCc1ccc2c(c1)CCO2. The second-order valence-corrected chi connectivity index (χ2v) is 7.70. The Morgan fingerprint density at radius 3 is 2.70 bits per heavy atom. The van der Waals surface area contributed by atoms with Gasteiger partial charge < -0.3 is 4.74 Å². The monoisotopic (exact) mass is 331 g/mol. The van der Waals surface area contributed by atoms with Crippen molar-refractivity contribution in [3.8, 4) is 5.75 Å². The average Bonchev–Trinajstić information content (AvgIpc) is 3.01. The molecule has 0 saturated carbocycles. The Bertz CT molecular complexity index is 757. The number of rotatable bonds is 7. The van der Waals surface area contributed by atoms with Crippen molar-refractivity contribution in [1.82, 2.24) is 4.72 Å². The van der Waals surface area contributed by atoms with Crippen LogP contribution in [0.4, 0.5) is 0 Å². The minimum Gasteiger partial charge on any atom is -0.493 e. The van der Waals surface area contributed by atoms with Crippen LogP contribution >= 0.6 is 0 Å². The van der Waals surface area contributed by atoms with E-state index in [1.807, 2.05) is 48.5 Å². The molecule has 23 heavy (non-hydrogen) atoms. The van der Waals surface area contributed by atoms with Gasteiger partial charge in [0.15, 0.2) is 0 Å². The van der Waals surface area contributed by atoms with Gasteiger partial charge in [0.2, 0.25) is 10.0 Å². The number of aryl methyl sites for hydroxylation is 1. The summed E-state index contributed by atoms with van der Waals surface area (Å²) in [5, 5.41) is 0. The highest BCUT2D eigenvalue weighted by Crippen LogP contribution is 2.25. The van der Waals surface area contributed by atoms with E-state index in [2.05, 4.69) is 4.72 Å². The van der Waals surface area contributed by atoms with E-state index < -0.39 is 10.0 Å². The molecule has 0 bridgehead atoms. The van der Waals surface area contributed by atoms with Gasteiger partial charge in [0.25, 0.3) is 0 Å². The molecule has 4 nitrogen and oxygen atoms in total. The van der Waals surface area contributed by atoms with Crippen LogP contribution in [0.25, 0.3) is 0 Å². The fraction of sp³-hybridized carbons (Fsp3) is 0.333. The van der Waals surface area contributed by atoms with Gasteiger partial charge in [0.1, 0.15) is 5.75 Å². The van der Waals surface area contributed by atoms with Gasteiger partial charge >= 0.3 is 0 Å². The molecule has 0 radical (unpaired) electrons. The molecule has 2 aromatic carbocycles. The third-order valence-electron chi connectivity index (χ3n) is 3.97. The van der Waals surface area contributed by atoms with Crippen LogP contribution in [0.2, 0.25) is 0 Å². The number of fused-ring (bicyclic) bond motifs is 1. The van der Waals surface area contributed by atoms with Crippen molar-refractivity contribution in [3.05, 3.63) is 65.2 Å². The summed E-state index contributed by atoms with van der Waals surface area (Å²) in [6, 6.07) is 15.8. The summed E-state index contributed by atoms with van der Waals surface area (Å²) < 4.78 is 32.3. The molecule has 1 heterocycles. The van der Waals surface area contributed by atoms with Crippen LogP contribution in [0, 0.1) is 0 Å². The first kappa shape index (κ1) is 16.0. The molecule has 1 aliphatic rings. The largest absolute Gasteiger partial charge is 0.493 e. The maximum absolute atomic E-state index is 12.1. The van der Waals surface area contributed by atoms with Crippen LogP contribution in [-0.4, -0.2) is 20.8 Å². The molecule has 0 unspecified atom stereocenters. The van der Waals surface area contributed by atoms with Gasteiger partial charge in [0.05, 0.1) is 12.4 Å². The van der Waals surface area contributed by atoms with E-state index in [9.17, 15) is 8.42 Å². The minimum absolute atomic E-state index is 0.149. The zero-order valence-corrected chi connectivity index (χ0v) is 13.8. The molecule has 0 aliphatic carbocycles. The summed E-state index contributed by atoms with van der Waals surface area (Å²) >= 11 is 0. The molecule has 0 saturated heterocycles. The number of sulfonamides is 1. The van der Waals surface area contributed by atoms with Crippen LogP contribution in [0.3, 0.4) is 0 Å². The molecular formula is C18H21NO3S. The quantitative estimate of drug-likeness (QED) is 0.849. The lowest BCUT2D eigenvalue weighted by atomic mass is 10.1. The molecule has 1 N–H and O–H groups in total. The van der Waals surface area contributed by atoms with Gasteiger partial charge in [0, 0.05) is 13.0 Å². The van der Waals surface area contributed by atoms with Gasteiger partial charge in [-0.25, -0.2) is 13.1 Å². The average molecular weight is 331 g/mol. The lowest BCUT2D eigenvalue weighted by Gasteiger charge is -2.08. The molecule has 0 aromatic heterocycles. The van der Waals surface area contributed by atoms with E-state index in [0.29, 0.717) is 19.6 Å².